The molecule has 0 unspecified atom stereocenters. The average molecular weight is 808 g/mol. The second-order valence-electron chi connectivity index (χ2n) is 15.9. The van der Waals surface area contributed by atoms with Crippen LogP contribution in [-0.2, 0) is 5.41 Å². The fraction of sp³-hybridized carbons (Fsp3) is 0.0172. The number of ether oxygens (including phenoxy) is 2. The molecule has 9 aromatic carbocycles. The van der Waals surface area contributed by atoms with Gasteiger partial charge in [0.25, 0.3) is 0 Å². The third-order valence-corrected chi connectivity index (χ3v) is 12.3. The number of aromatic nitrogens is 3. The van der Waals surface area contributed by atoms with Crippen LogP contribution in [0.15, 0.2) is 224 Å². The van der Waals surface area contributed by atoms with Gasteiger partial charge in [-0.2, -0.15) is 0 Å². The zero-order valence-corrected chi connectivity index (χ0v) is 34.0. The average Bonchev–Trinajstić information content (AvgIpc) is 3.65. The second kappa shape index (κ2) is 14.9. The standard InChI is InChI=1S/C58H37N3O2/c1-5-17-38(18-6-1)40-21-15-23-42(33-40)55-59-56(43-24-16-22-41(34-43)39-19-7-2-8-20-39)61-57(60-55)44-31-32-51-52(35-44)63-53-36-48-47-29-13-14-30-49(47)58(45-25-9-3-10-26-45,46-27-11-4-12-28-46)50(48)37-54(53)62-51/h1-37H. The van der Waals surface area contributed by atoms with Crippen LogP contribution in [0.1, 0.15) is 22.3 Å². The largest absolute Gasteiger partial charge is 0.450 e. The molecule has 0 fully saturated rings. The highest BCUT2D eigenvalue weighted by atomic mass is 16.6. The minimum absolute atomic E-state index is 0.529. The minimum Gasteiger partial charge on any atom is -0.450 e. The Morgan fingerprint density at radius 1 is 0.270 bits per heavy atom. The Balaban J connectivity index is 0.971. The third-order valence-electron chi connectivity index (χ3n) is 12.3. The van der Waals surface area contributed by atoms with E-state index in [1.165, 1.54) is 22.3 Å². The molecule has 63 heavy (non-hydrogen) atoms. The summed E-state index contributed by atoms with van der Waals surface area (Å²) in [7, 11) is 0. The van der Waals surface area contributed by atoms with Crippen molar-refractivity contribution in [2.75, 3.05) is 0 Å². The van der Waals surface area contributed by atoms with Crippen LogP contribution >= 0.6 is 0 Å². The lowest BCUT2D eigenvalue weighted by atomic mass is 9.67. The van der Waals surface area contributed by atoms with E-state index in [-0.39, 0.29) is 0 Å². The van der Waals surface area contributed by atoms with E-state index in [0.29, 0.717) is 40.5 Å². The highest BCUT2D eigenvalue weighted by Gasteiger charge is 2.47. The second-order valence-corrected chi connectivity index (χ2v) is 15.9. The van der Waals surface area contributed by atoms with Gasteiger partial charge in [-0.1, -0.05) is 182 Å². The zero-order valence-electron chi connectivity index (χ0n) is 34.0. The van der Waals surface area contributed by atoms with Crippen molar-refractivity contribution >= 4 is 0 Å². The summed E-state index contributed by atoms with van der Waals surface area (Å²) in [6.07, 6.45) is 0. The summed E-state index contributed by atoms with van der Waals surface area (Å²) in [5.41, 5.74) is 13.5. The molecule has 0 N–H and O–H groups in total. The Morgan fingerprint density at radius 2 is 0.698 bits per heavy atom. The first-order valence-corrected chi connectivity index (χ1v) is 21.2. The molecule has 1 aromatic heterocycles. The van der Waals surface area contributed by atoms with Crippen molar-refractivity contribution in [2.24, 2.45) is 0 Å². The van der Waals surface area contributed by atoms with Gasteiger partial charge in [0.15, 0.2) is 40.5 Å². The molecule has 0 spiro atoms. The molecule has 0 radical (unpaired) electrons. The lowest BCUT2D eigenvalue weighted by Gasteiger charge is -2.34. The maximum Gasteiger partial charge on any atom is 0.170 e. The van der Waals surface area contributed by atoms with E-state index in [4.69, 9.17) is 24.4 Å². The Hall–Kier alpha value is -8.41. The number of hydrogen-bond acceptors (Lipinski definition) is 5. The van der Waals surface area contributed by atoms with Gasteiger partial charge in [-0.15, -0.1) is 0 Å². The fourth-order valence-electron chi connectivity index (χ4n) is 9.36. The first-order valence-electron chi connectivity index (χ1n) is 21.2. The van der Waals surface area contributed by atoms with Crippen molar-refractivity contribution in [1.82, 2.24) is 15.0 Å². The van der Waals surface area contributed by atoms with Crippen molar-refractivity contribution in [1.29, 1.82) is 0 Å². The molecule has 0 atom stereocenters. The predicted molar refractivity (Wildman–Crippen MR) is 251 cm³/mol. The Morgan fingerprint density at radius 3 is 1.27 bits per heavy atom. The first-order chi connectivity index (χ1) is 31.2. The van der Waals surface area contributed by atoms with E-state index < -0.39 is 5.41 Å². The molecule has 12 rings (SSSR count). The Labute approximate surface area is 365 Å². The molecule has 5 nitrogen and oxygen atoms in total. The molecule has 0 saturated carbocycles. The molecule has 1 aliphatic heterocycles. The quantitative estimate of drug-likeness (QED) is 0.161. The molecule has 5 heteroatoms. The van der Waals surface area contributed by atoms with Crippen LogP contribution in [0, 0.1) is 0 Å². The van der Waals surface area contributed by atoms with Gasteiger partial charge in [0.05, 0.1) is 5.41 Å². The molecule has 296 valence electrons. The van der Waals surface area contributed by atoms with Gasteiger partial charge in [-0.3, -0.25) is 0 Å². The summed E-state index contributed by atoms with van der Waals surface area (Å²) in [5.74, 6) is 4.20. The summed E-state index contributed by atoms with van der Waals surface area (Å²) in [5, 5.41) is 0. The van der Waals surface area contributed by atoms with E-state index in [1.54, 1.807) is 0 Å². The molecule has 0 amide bonds. The van der Waals surface area contributed by atoms with E-state index in [0.717, 1.165) is 50.1 Å². The molecule has 0 saturated heterocycles. The molecular weight excluding hydrogens is 771 g/mol. The summed E-state index contributed by atoms with van der Waals surface area (Å²) in [6.45, 7) is 0. The van der Waals surface area contributed by atoms with Crippen molar-refractivity contribution in [3.8, 4) is 90.5 Å². The normalized spacial score (nSPS) is 12.8. The molecule has 10 aromatic rings. The summed E-state index contributed by atoms with van der Waals surface area (Å²) >= 11 is 0. The Bertz CT molecular complexity index is 3190. The lowest BCUT2D eigenvalue weighted by Crippen LogP contribution is -2.28. The zero-order chi connectivity index (χ0) is 41.7. The van der Waals surface area contributed by atoms with Crippen LogP contribution in [0.25, 0.3) is 67.5 Å². The number of rotatable bonds is 7. The highest BCUT2D eigenvalue weighted by Crippen LogP contribution is 2.59. The third kappa shape index (κ3) is 6.21. The topological polar surface area (TPSA) is 57.1 Å². The number of nitrogens with zero attached hydrogens (tertiary/aromatic N) is 3. The molecule has 2 aliphatic rings. The number of benzene rings is 9. The first kappa shape index (κ1) is 36.4. The van der Waals surface area contributed by atoms with Gasteiger partial charge in [0, 0.05) is 16.7 Å². The lowest BCUT2D eigenvalue weighted by molar-refractivity contribution is 0.359. The van der Waals surface area contributed by atoms with Crippen molar-refractivity contribution < 1.29 is 9.47 Å². The molecule has 1 aliphatic carbocycles. The van der Waals surface area contributed by atoms with Crippen LogP contribution in [0.2, 0.25) is 0 Å². The minimum atomic E-state index is -0.549. The number of fused-ring (bicyclic) bond motifs is 5. The monoisotopic (exact) mass is 807 g/mol. The van der Waals surface area contributed by atoms with E-state index in [2.05, 4.69) is 194 Å². The van der Waals surface area contributed by atoms with Crippen LogP contribution < -0.4 is 9.47 Å². The van der Waals surface area contributed by atoms with Crippen molar-refractivity contribution in [3.05, 3.63) is 247 Å². The van der Waals surface area contributed by atoms with Crippen LogP contribution in [0.3, 0.4) is 0 Å². The van der Waals surface area contributed by atoms with Gasteiger partial charge in [-0.05, 0) is 98.1 Å². The smallest absolute Gasteiger partial charge is 0.170 e. The summed E-state index contributed by atoms with van der Waals surface area (Å²) < 4.78 is 13.6. The van der Waals surface area contributed by atoms with Crippen LogP contribution in [0.4, 0.5) is 0 Å². The van der Waals surface area contributed by atoms with E-state index in [1.807, 2.05) is 30.3 Å². The van der Waals surface area contributed by atoms with Gasteiger partial charge in [0.2, 0.25) is 0 Å². The Kier molecular flexibility index (Phi) is 8.64. The molecular formula is C58H37N3O2. The number of hydrogen-bond donors (Lipinski definition) is 0. The van der Waals surface area contributed by atoms with Crippen molar-refractivity contribution in [3.63, 3.8) is 0 Å². The van der Waals surface area contributed by atoms with Crippen LogP contribution in [0.5, 0.6) is 23.0 Å². The van der Waals surface area contributed by atoms with Crippen molar-refractivity contribution in [2.45, 2.75) is 5.41 Å². The van der Waals surface area contributed by atoms with Gasteiger partial charge >= 0.3 is 0 Å². The SMILES string of the molecule is c1ccc(-c2cccc(-c3nc(-c4cccc(-c5ccccc5)c4)nc(-c4ccc5c(c4)Oc4cc6c(cc4O5)C(c4ccccc4)(c4ccccc4)c4ccccc4-6)n3)c2)cc1. The molecule has 2 heterocycles. The summed E-state index contributed by atoms with van der Waals surface area (Å²) in [4.78, 5) is 15.4. The van der Waals surface area contributed by atoms with Gasteiger partial charge < -0.3 is 9.47 Å². The fourth-order valence-corrected chi connectivity index (χ4v) is 9.36. The maximum atomic E-state index is 6.82. The molecule has 0 bridgehead atoms. The summed E-state index contributed by atoms with van der Waals surface area (Å²) in [6, 6.07) is 77.9. The predicted octanol–water partition coefficient (Wildman–Crippen LogP) is 14.5. The van der Waals surface area contributed by atoms with E-state index in [9.17, 15) is 0 Å². The maximum absolute atomic E-state index is 6.82. The highest BCUT2D eigenvalue weighted by molar-refractivity contribution is 5.88. The van der Waals surface area contributed by atoms with Crippen LogP contribution in [-0.4, -0.2) is 15.0 Å². The van der Waals surface area contributed by atoms with Gasteiger partial charge in [-0.25, -0.2) is 15.0 Å². The van der Waals surface area contributed by atoms with Gasteiger partial charge in [0.1, 0.15) is 0 Å². The van der Waals surface area contributed by atoms with E-state index >= 15 is 0 Å².